The molecule has 1 fully saturated rings. The number of aliphatic carboxylic acids is 1. The minimum Gasteiger partial charge on any atom is -0.478 e. The second kappa shape index (κ2) is 5.53. The Labute approximate surface area is 101 Å². The zero-order valence-corrected chi connectivity index (χ0v) is 9.80. The van der Waals surface area contributed by atoms with E-state index in [4.69, 9.17) is 5.11 Å². The van der Waals surface area contributed by atoms with E-state index < -0.39 is 5.97 Å². The van der Waals surface area contributed by atoms with Gasteiger partial charge in [0.25, 0.3) is 0 Å². The van der Waals surface area contributed by atoms with E-state index in [0.717, 1.165) is 18.7 Å². The summed E-state index contributed by atoms with van der Waals surface area (Å²) in [7, 11) is 0. The Balaban J connectivity index is 2.12. The Bertz CT molecular complexity index is 420. The molecule has 0 spiro atoms. The van der Waals surface area contributed by atoms with E-state index >= 15 is 0 Å². The van der Waals surface area contributed by atoms with Gasteiger partial charge < -0.3 is 10.0 Å². The highest BCUT2D eigenvalue weighted by Gasteiger charge is 2.10. The van der Waals surface area contributed by atoms with Gasteiger partial charge in [0.05, 0.1) is 0 Å². The maximum Gasteiger partial charge on any atom is 0.328 e. The average Bonchev–Trinajstić information content (AvgIpc) is 2.38. The summed E-state index contributed by atoms with van der Waals surface area (Å²) in [6.07, 6.45) is 6.62. The number of benzene rings is 1. The Hall–Kier alpha value is -1.77. The van der Waals surface area contributed by atoms with Gasteiger partial charge in [-0.25, -0.2) is 4.79 Å². The van der Waals surface area contributed by atoms with Crippen molar-refractivity contribution in [2.24, 2.45) is 0 Å². The molecular weight excluding hydrogens is 214 g/mol. The normalized spacial score (nSPS) is 16.4. The molecule has 1 aliphatic heterocycles. The molecule has 1 saturated heterocycles. The van der Waals surface area contributed by atoms with Gasteiger partial charge in [0.2, 0.25) is 0 Å². The highest BCUT2D eigenvalue weighted by Crippen LogP contribution is 2.21. The molecule has 1 aliphatic rings. The molecule has 1 aromatic carbocycles. The lowest BCUT2D eigenvalue weighted by Crippen LogP contribution is -2.29. The van der Waals surface area contributed by atoms with Gasteiger partial charge in [0, 0.05) is 24.9 Å². The van der Waals surface area contributed by atoms with Gasteiger partial charge in [-0.3, -0.25) is 0 Å². The van der Waals surface area contributed by atoms with Crippen LogP contribution in [0.1, 0.15) is 24.8 Å². The third-order valence-electron chi connectivity index (χ3n) is 3.01. The van der Waals surface area contributed by atoms with Crippen LogP contribution in [0, 0.1) is 0 Å². The van der Waals surface area contributed by atoms with Crippen LogP contribution in [0.4, 0.5) is 5.69 Å². The molecule has 0 atom stereocenters. The topological polar surface area (TPSA) is 40.5 Å². The second-order valence-electron chi connectivity index (χ2n) is 4.31. The summed E-state index contributed by atoms with van der Waals surface area (Å²) in [5.41, 5.74) is 2.13. The number of nitrogens with zero attached hydrogens (tertiary/aromatic N) is 1. The van der Waals surface area contributed by atoms with Gasteiger partial charge in [-0.2, -0.15) is 0 Å². The van der Waals surface area contributed by atoms with Gasteiger partial charge in [0.1, 0.15) is 0 Å². The first-order valence-corrected chi connectivity index (χ1v) is 6.02. The van der Waals surface area contributed by atoms with Gasteiger partial charge in [0.15, 0.2) is 0 Å². The molecule has 1 N–H and O–H groups in total. The maximum absolute atomic E-state index is 10.5. The molecule has 0 aromatic heterocycles. The standard InChI is InChI=1S/C14H17NO2/c16-14(17)8-7-12-5-4-6-13(11-12)15-9-2-1-3-10-15/h4-8,11H,1-3,9-10H2,(H,16,17). The predicted molar refractivity (Wildman–Crippen MR) is 69.2 cm³/mol. The Morgan fingerprint density at radius 2 is 2.00 bits per heavy atom. The van der Waals surface area contributed by atoms with Gasteiger partial charge in [-0.1, -0.05) is 12.1 Å². The molecule has 17 heavy (non-hydrogen) atoms. The minimum atomic E-state index is -0.909. The van der Waals surface area contributed by atoms with Crippen LogP contribution >= 0.6 is 0 Å². The van der Waals surface area contributed by atoms with Crippen molar-refractivity contribution in [2.75, 3.05) is 18.0 Å². The maximum atomic E-state index is 10.5. The van der Waals surface area contributed by atoms with Crippen LogP contribution < -0.4 is 4.90 Å². The van der Waals surface area contributed by atoms with E-state index in [1.165, 1.54) is 31.0 Å². The monoisotopic (exact) mass is 231 g/mol. The first-order chi connectivity index (χ1) is 8.25. The number of rotatable bonds is 3. The molecule has 1 aromatic rings. The first kappa shape index (κ1) is 11.7. The molecular formula is C14H17NO2. The minimum absolute atomic E-state index is 0.909. The second-order valence-corrected chi connectivity index (χ2v) is 4.31. The van der Waals surface area contributed by atoms with Crippen LogP contribution in [0.25, 0.3) is 6.08 Å². The highest BCUT2D eigenvalue weighted by molar-refractivity contribution is 5.85. The van der Waals surface area contributed by atoms with Crippen LogP contribution in [0.3, 0.4) is 0 Å². The number of carbonyl (C=O) groups is 1. The number of hydrogen-bond acceptors (Lipinski definition) is 2. The number of carboxylic acid groups (broad SMARTS) is 1. The predicted octanol–water partition coefficient (Wildman–Crippen LogP) is 2.77. The van der Waals surface area contributed by atoms with Gasteiger partial charge in [-0.15, -0.1) is 0 Å². The average molecular weight is 231 g/mol. The summed E-state index contributed by atoms with van der Waals surface area (Å²) >= 11 is 0. The molecule has 90 valence electrons. The lowest BCUT2D eigenvalue weighted by atomic mass is 10.1. The largest absolute Gasteiger partial charge is 0.478 e. The SMILES string of the molecule is O=C(O)C=Cc1cccc(N2CCCCC2)c1. The van der Waals surface area contributed by atoms with Crippen molar-refractivity contribution in [2.45, 2.75) is 19.3 Å². The third kappa shape index (κ3) is 3.34. The van der Waals surface area contributed by atoms with Crippen LogP contribution in [-0.2, 0) is 4.79 Å². The summed E-state index contributed by atoms with van der Waals surface area (Å²) in [5.74, 6) is -0.909. The molecule has 3 nitrogen and oxygen atoms in total. The number of hydrogen-bond donors (Lipinski definition) is 1. The molecule has 0 saturated carbocycles. The van der Waals surface area contributed by atoms with Gasteiger partial charge >= 0.3 is 5.97 Å². The fourth-order valence-electron chi connectivity index (χ4n) is 2.14. The Morgan fingerprint density at radius 3 is 2.71 bits per heavy atom. The zero-order chi connectivity index (χ0) is 12.1. The fraction of sp³-hybridized carbons (Fsp3) is 0.357. The fourth-order valence-corrected chi connectivity index (χ4v) is 2.14. The molecule has 2 rings (SSSR count). The van der Waals surface area contributed by atoms with E-state index in [2.05, 4.69) is 11.0 Å². The van der Waals surface area contributed by atoms with Crippen molar-refractivity contribution >= 4 is 17.7 Å². The highest BCUT2D eigenvalue weighted by atomic mass is 16.4. The molecule has 0 radical (unpaired) electrons. The summed E-state index contributed by atoms with van der Waals surface area (Å²) in [4.78, 5) is 12.8. The lowest BCUT2D eigenvalue weighted by molar-refractivity contribution is -0.131. The van der Waals surface area contributed by atoms with Crippen LogP contribution in [-0.4, -0.2) is 24.2 Å². The van der Waals surface area contributed by atoms with E-state index in [1.54, 1.807) is 6.08 Å². The first-order valence-electron chi connectivity index (χ1n) is 6.02. The van der Waals surface area contributed by atoms with E-state index in [9.17, 15) is 4.79 Å². The summed E-state index contributed by atoms with van der Waals surface area (Å²) in [5, 5.41) is 8.60. The molecule has 3 heteroatoms. The number of piperidine rings is 1. The van der Waals surface area contributed by atoms with Crippen LogP contribution in [0.15, 0.2) is 30.3 Å². The van der Waals surface area contributed by atoms with Crippen LogP contribution in [0.2, 0.25) is 0 Å². The summed E-state index contributed by atoms with van der Waals surface area (Å²) in [6.45, 7) is 2.21. The van der Waals surface area contributed by atoms with Crippen molar-refractivity contribution in [1.82, 2.24) is 0 Å². The van der Waals surface area contributed by atoms with Gasteiger partial charge in [-0.05, 0) is 43.0 Å². The van der Waals surface area contributed by atoms with Crippen molar-refractivity contribution in [3.63, 3.8) is 0 Å². The lowest BCUT2D eigenvalue weighted by Gasteiger charge is -2.29. The quantitative estimate of drug-likeness (QED) is 0.813. The van der Waals surface area contributed by atoms with Crippen molar-refractivity contribution in [3.05, 3.63) is 35.9 Å². The number of anilines is 1. The third-order valence-corrected chi connectivity index (χ3v) is 3.01. The Morgan fingerprint density at radius 1 is 1.24 bits per heavy atom. The number of carboxylic acids is 1. The van der Waals surface area contributed by atoms with Crippen molar-refractivity contribution in [1.29, 1.82) is 0 Å². The summed E-state index contributed by atoms with van der Waals surface area (Å²) < 4.78 is 0. The van der Waals surface area contributed by atoms with Crippen molar-refractivity contribution in [3.8, 4) is 0 Å². The zero-order valence-electron chi connectivity index (χ0n) is 9.80. The molecule has 0 bridgehead atoms. The van der Waals surface area contributed by atoms with Crippen molar-refractivity contribution < 1.29 is 9.90 Å². The molecule has 0 amide bonds. The molecule has 0 aliphatic carbocycles. The molecule has 1 heterocycles. The van der Waals surface area contributed by atoms with E-state index in [1.807, 2.05) is 18.2 Å². The Kier molecular flexibility index (Phi) is 3.81. The smallest absolute Gasteiger partial charge is 0.328 e. The van der Waals surface area contributed by atoms with Crippen LogP contribution in [0.5, 0.6) is 0 Å². The van der Waals surface area contributed by atoms with E-state index in [-0.39, 0.29) is 0 Å². The summed E-state index contributed by atoms with van der Waals surface area (Å²) in [6, 6.07) is 8.03. The van der Waals surface area contributed by atoms with E-state index in [0.29, 0.717) is 0 Å². The molecule has 0 unspecified atom stereocenters.